The summed E-state index contributed by atoms with van der Waals surface area (Å²) in [6.07, 6.45) is 0. The standard InChI is InChI=1S/C14H22N4O2/c1-11-2-3-13(20-11)12(18-6-8-19-9-7-18)10-17-14-15-4-5-16-14/h2-3,12H,4-10H2,1H3,(H2,15,16,17). The lowest BCUT2D eigenvalue weighted by Gasteiger charge is -2.33. The number of guanidine groups is 1. The van der Waals surface area contributed by atoms with Crippen molar-refractivity contribution in [3.05, 3.63) is 23.7 Å². The molecule has 0 aromatic carbocycles. The second-order valence-corrected chi connectivity index (χ2v) is 5.15. The van der Waals surface area contributed by atoms with Gasteiger partial charge in [-0.1, -0.05) is 0 Å². The predicted molar refractivity (Wildman–Crippen MR) is 76.9 cm³/mol. The molecule has 6 nitrogen and oxygen atoms in total. The van der Waals surface area contributed by atoms with Gasteiger partial charge in [-0.3, -0.25) is 9.89 Å². The quantitative estimate of drug-likeness (QED) is 0.840. The summed E-state index contributed by atoms with van der Waals surface area (Å²) in [7, 11) is 0. The van der Waals surface area contributed by atoms with Crippen LogP contribution in [0.2, 0.25) is 0 Å². The summed E-state index contributed by atoms with van der Waals surface area (Å²) in [5.74, 6) is 2.86. The molecule has 20 heavy (non-hydrogen) atoms. The molecule has 1 aromatic heterocycles. The van der Waals surface area contributed by atoms with Crippen molar-refractivity contribution in [1.82, 2.24) is 15.5 Å². The summed E-state index contributed by atoms with van der Waals surface area (Å²) >= 11 is 0. The number of furan rings is 1. The Labute approximate surface area is 119 Å². The minimum Gasteiger partial charge on any atom is -0.465 e. The second kappa shape index (κ2) is 6.28. The number of rotatable bonds is 4. The average molecular weight is 278 g/mol. The third-order valence-corrected chi connectivity index (χ3v) is 3.71. The molecular formula is C14H22N4O2. The van der Waals surface area contributed by atoms with Crippen LogP contribution in [0.1, 0.15) is 17.6 Å². The van der Waals surface area contributed by atoms with Gasteiger partial charge in [0.2, 0.25) is 0 Å². The van der Waals surface area contributed by atoms with E-state index < -0.39 is 0 Å². The van der Waals surface area contributed by atoms with E-state index in [1.165, 1.54) is 0 Å². The molecule has 0 aliphatic carbocycles. The van der Waals surface area contributed by atoms with Crippen LogP contribution < -0.4 is 10.6 Å². The first kappa shape index (κ1) is 13.5. The van der Waals surface area contributed by atoms with Crippen LogP contribution >= 0.6 is 0 Å². The van der Waals surface area contributed by atoms with E-state index >= 15 is 0 Å². The van der Waals surface area contributed by atoms with Crippen molar-refractivity contribution in [2.45, 2.75) is 13.0 Å². The highest BCUT2D eigenvalue weighted by Gasteiger charge is 2.25. The van der Waals surface area contributed by atoms with Crippen LogP contribution in [-0.4, -0.2) is 56.8 Å². The maximum Gasteiger partial charge on any atom is 0.191 e. The van der Waals surface area contributed by atoms with Gasteiger partial charge in [-0.2, -0.15) is 0 Å². The number of aliphatic imine (C=N–C) groups is 1. The zero-order chi connectivity index (χ0) is 13.8. The number of hydrogen-bond donors (Lipinski definition) is 2. The van der Waals surface area contributed by atoms with E-state index in [1.54, 1.807) is 0 Å². The first-order valence-electron chi connectivity index (χ1n) is 7.23. The first-order chi connectivity index (χ1) is 9.83. The van der Waals surface area contributed by atoms with Crippen LogP contribution in [0, 0.1) is 6.92 Å². The highest BCUT2D eigenvalue weighted by atomic mass is 16.5. The average Bonchev–Trinajstić information content (AvgIpc) is 3.12. The molecule has 2 aliphatic rings. The molecule has 110 valence electrons. The Morgan fingerprint density at radius 2 is 2.25 bits per heavy atom. The Morgan fingerprint density at radius 1 is 1.40 bits per heavy atom. The van der Waals surface area contributed by atoms with Crippen LogP contribution in [0.3, 0.4) is 0 Å². The van der Waals surface area contributed by atoms with Crippen molar-refractivity contribution in [3.63, 3.8) is 0 Å². The largest absolute Gasteiger partial charge is 0.465 e. The van der Waals surface area contributed by atoms with E-state index in [4.69, 9.17) is 9.15 Å². The molecule has 3 rings (SSSR count). The smallest absolute Gasteiger partial charge is 0.191 e. The predicted octanol–water partition coefficient (Wildman–Crippen LogP) is 0.510. The van der Waals surface area contributed by atoms with Gasteiger partial charge in [-0.25, -0.2) is 0 Å². The fraction of sp³-hybridized carbons (Fsp3) is 0.643. The van der Waals surface area contributed by atoms with Crippen LogP contribution in [0.15, 0.2) is 21.5 Å². The number of aryl methyl sites for hydroxylation is 1. The van der Waals surface area contributed by atoms with E-state index in [1.807, 2.05) is 13.0 Å². The van der Waals surface area contributed by atoms with Gasteiger partial charge in [0, 0.05) is 26.2 Å². The number of morpholine rings is 1. The molecule has 0 radical (unpaired) electrons. The molecule has 0 amide bonds. The third-order valence-electron chi connectivity index (χ3n) is 3.71. The topological polar surface area (TPSA) is 62.0 Å². The van der Waals surface area contributed by atoms with Gasteiger partial charge >= 0.3 is 0 Å². The second-order valence-electron chi connectivity index (χ2n) is 5.15. The van der Waals surface area contributed by atoms with Gasteiger partial charge in [0.25, 0.3) is 0 Å². The third kappa shape index (κ3) is 3.13. The molecule has 1 fully saturated rings. The van der Waals surface area contributed by atoms with Crippen LogP contribution in [0.5, 0.6) is 0 Å². The minimum atomic E-state index is 0.220. The molecule has 0 bridgehead atoms. The lowest BCUT2D eigenvalue weighted by molar-refractivity contribution is 0.0125. The highest BCUT2D eigenvalue weighted by molar-refractivity contribution is 5.81. The van der Waals surface area contributed by atoms with Crippen LogP contribution in [0.4, 0.5) is 0 Å². The number of nitrogens with one attached hydrogen (secondary N) is 2. The summed E-state index contributed by atoms with van der Waals surface area (Å²) in [5, 5.41) is 6.62. The molecule has 1 atom stereocenters. The van der Waals surface area contributed by atoms with E-state index in [-0.39, 0.29) is 6.04 Å². The Bertz CT molecular complexity index is 465. The number of ether oxygens (including phenoxy) is 1. The lowest BCUT2D eigenvalue weighted by Crippen LogP contribution is -2.45. The molecule has 6 heteroatoms. The summed E-state index contributed by atoms with van der Waals surface area (Å²) in [6, 6.07) is 4.31. The van der Waals surface area contributed by atoms with E-state index in [0.717, 1.165) is 63.4 Å². The minimum absolute atomic E-state index is 0.220. The molecule has 1 saturated heterocycles. The molecule has 2 N–H and O–H groups in total. The fourth-order valence-electron chi connectivity index (χ4n) is 2.64. The van der Waals surface area contributed by atoms with Gasteiger partial charge in [0.05, 0.1) is 25.8 Å². The van der Waals surface area contributed by atoms with Crippen LogP contribution in [-0.2, 0) is 4.74 Å². The Hall–Kier alpha value is -1.53. The van der Waals surface area contributed by atoms with Gasteiger partial charge in [-0.15, -0.1) is 0 Å². The van der Waals surface area contributed by atoms with Gasteiger partial charge in [-0.05, 0) is 19.1 Å². The van der Waals surface area contributed by atoms with Crippen molar-refractivity contribution < 1.29 is 9.15 Å². The van der Waals surface area contributed by atoms with Crippen molar-refractivity contribution in [3.8, 4) is 0 Å². The molecule has 1 aromatic rings. The Balaban J connectivity index is 1.68. The summed E-state index contributed by atoms with van der Waals surface area (Å²) in [6.45, 7) is 7.99. The molecular weight excluding hydrogens is 256 g/mol. The summed E-state index contributed by atoms with van der Waals surface area (Å²) < 4.78 is 11.3. The van der Waals surface area contributed by atoms with E-state index in [2.05, 4.69) is 26.6 Å². The summed E-state index contributed by atoms with van der Waals surface area (Å²) in [4.78, 5) is 6.78. The molecule has 0 saturated carbocycles. The SMILES string of the molecule is Cc1ccc(C(CNC2=NCCN2)N2CCOCC2)o1. The highest BCUT2D eigenvalue weighted by Crippen LogP contribution is 2.23. The lowest BCUT2D eigenvalue weighted by atomic mass is 10.1. The van der Waals surface area contributed by atoms with Crippen molar-refractivity contribution in [1.29, 1.82) is 0 Å². The molecule has 1 unspecified atom stereocenters. The monoisotopic (exact) mass is 278 g/mol. The van der Waals surface area contributed by atoms with E-state index in [0.29, 0.717) is 0 Å². The van der Waals surface area contributed by atoms with Crippen molar-refractivity contribution in [2.24, 2.45) is 4.99 Å². The zero-order valence-corrected chi connectivity index (χ0v) is 11.9. The normalized spacial score (nSPS) is 21.4. The molecule has 3 heterocycles. The fourth-order valence-corrected chi connectivity index (χ4v) is 2.64. The Kier molecular flexibility index (Phi) is 4.22. The van der Waals surface area contributed by atoms with E-state index in [9.17, 15) is 0 Å². The van der Waals surface area contributed by atoms with Crippen LogP contribution in [0.25, 0.3) is 0 Å². The number of hydrogen-bond acceptors (Lipinski definition) is 6. The van der Waals surface area contributed by atoms with Gasteiger partial charge in [0.1, 0.15) is 11.5 Å². The summed E-state index contributed by atoms with van der Waals surface area (Å²) in [5.41, 5.74) is 0. The molecule has 0 spiro atoms. The number of nitrogens with zero attached hydrogens (tertiary/aromatic N) is 2. The van der Waals surface area contributed by atoms with Gasteiger partial charge < -0.3 is 19.8 Å². The molecule has 2 aliphatic heterocycles. The van der Waals surface area contributed by atoms with Crippen molar-refractivity contribution in [2.75, 3.05) is 45.9 Å². The van der Waals surface area contributed by atoms with Gasteiger partial charge in [0.15, 0.2) is 5.96 Å². The Morgan fingerprint density at radius 3 is 2.90 bits per heavy atom. The van der Waals surface area contributed by atoms with Crippen molar-refractivity contribution >= 4 is 5.96 Å². The maximum atomic E-state index is 5.83. The maximum absolute atomic E-state index is 5.83. The zero-order valence-electron chi connectivity index (χ0n) is 11.9. The first-order valence-corrected chi connectivity index (χ1v) is 7.23.